The summed E-state index contributed by atoms with van der Waals surface area (Å²) in [6.07, 6.45) is 0.966. The zero-order valence-electron chi connectivity index (χ0n) is 15.1. The number of halogens is 2. The molecular weight excluding hydrogens is 448 g/mol. The Morgan fingerprint density at radius 3 is 2.65 bits per heavy atom. The van der Waals surface area contributed by atoms with Gasteiger partial charge in [0.2, 0.25) is 0 Å². The van der Waals surface area contributed by atoms with E-state index in [9.17, 15) is 9.18 Å². The standard InChI is InChI=1S/C20H23FINO3/c1-13(2)8-9-26-18-7-4-14(10-19(18)25-3)12-23-20(24)16-11-15(21)5-6-17(16)22/h4-7,10-11,13H,8-9,12H2,1-3H3,(H,23,24). The fourth-order valence-electron chi connectivity index (χ4n) is 2.29. The van der Waals surface area contributed by atoms with Gasteiger partial charge in [0.15, 0.2) is 11.5 Å². The number of ether oxygens (including phenoxy) is 2. The van der Waals surface area contributed by atoms with Crippen molar-refractivity contribution in [1.82, 2.24) is 5.32 Å². The van der Waals surface area contributed by atoms with Crippen molar-refractivity contribution in [3.63, 3.8) is 0 Å². The quantitative estimate of drug-likeness (QED) is 0.564. The summed E-state index contributed by atoms with van der Waals surface area (Å²) in [5.74, 6) is 1.13. The Labute approximate surface area is 167 Å². The first-order valence-electron chi connectivity index (χ1n) is 8.43. The third-order valence-corrected chi connectivity index (χ3v) is 4.75. The molecule has 140 valence electrons. The van der Waals surface area contributed by atoms with Crippen LogP contribution in [-0.4, -0.2) is 19.6 Å². The molecule has 4 nitrogen and oxygen atoms in total. The maximum Gasteiger partial charge on any atom is 0.252 e. The molecule has 0 unspecified atom stereocenters. The molecule has 0 aliphatic heterocycles. The topological polar surface area (TPSA) is 47.6 Å². The first-order valence-corrected chi connectivity index (χ1v) is 9.51. The molecule has 0 saturated carbocycles. The van der Waals surface area contributed by atoms with Crippen molar-refractivity contribution in [1.29, 1.82) is 0 Å². The third kappa shape index (κ3) is 5.86. The lowest BCUT2D eigenvalue weighted by atomic mass is 10.1. The van der Waals surface area contributed by atoms with Crippen molar-refractivity contribution in [2.45, 2.75) is 26.8 Å². The zero-order chi connectivity index (χ0) is 19.1. The Morgan fingerprint density at radius 1 is 1.19 bits per heavy atom. The van der Waals surface area contributed by atoms with E-state index in [-0.39, 0.29) is 5.91 Å². The molecule has 2 rings (SSSR count). The van der Waals surface area contributed by atoms with E-state index >= 15 is 0 Å². The molecule has 26 heavy (non-hydrogen) atoms. The summed E-state index contributed by atoms with van der Waals surface area (Å²) in [6, 6.07) is 9.71. The highest BCUT2D eigenvalue weighted by molar-refractivity contribution is 14.1. The number of carbonyl (C=O) groups excluding carboxylic acids is 1. The smallest absolute Gasteiger partial charge is 0.252 e. The lowest BCUT2D eigenvalue weighted by Crippen LogP contribution is -2.23. The molecule has 0 saturated heterocycles. The number of methoxy groups -OCH3 is 1. The molecule has 0 bridgehead atoms. The molecule has 0 aliphatic carbocycles. The second kappa shape index (κ2) is 9.75. The van der Waals surface area contributed by atoms with E-state index in [1.165, 1.54) is 12.1 Å². The van der Waals surface area contributed by atoms with Gasteiger partial charge in [0.25, 0.3) is 5.91 Å². The van der Waals surface area contributed by atoms with Crippen LogP contribution in [0.25, 0.3) is 0 Å². The first kappa shape index (κ1) is 20.5. The average Bonchev–Trinajstić information content (AvgIpc) is 2.62. The van der Waals surface area contributed by atoms with Gasteiger partial charge in [-0.25, -0.2) is 4.39 Å². The molecule has 0 heterocycles. The molecule has 0 radical (unpaired) electrons. The summed E-state index contributed by atoms with van der Waals surface area (Å²) in [5, 5.41) is 2.81. The molecule has 2 aromatic rings. The lowest BCUT2D eigenvalue weighted by Gasteiger charge is -2.13. The van der Waals surface area contributed by atoms with Crippen molar-refractivity contribution in [2.24, 2.45) is 5.92 Å². The first-order chi connectivity index (χ1) is 12.4. The molecule has 0 spiro atoms. The summed E-state index contributed by atoms with van der Waals surface area (Å²) >= 11 is 2.02. The minimum atomic E-state index is -0.430. The van der Waals surface area contributed by atoms with Crippen molar-refractivity contribution < 1.29 is 18.7 Å². The molecular formula is C20H23FINO3. The van der Waals surface area contributed by atoms with Gasteiger partial charge in [-0.1, -0.05) is 19.9 Å². The summed E-state index contributed by atoms with van der Waals surface area (Å²) in [4.78, 5) is 12.3. The van der Waals surface area contributed by atoms with Crippen LogP contribution in [0.15, 0.2) is 36.4 Å². The Balaban J connectivity index is 2.01. The predicted molar refractivity (Wildman–Crippen MR) is 108 cm³/mol. The number of benzene rings is 2. The van der Waals surface area contributed by atoms with Gasteiger partial charge in [0.1, 0.15) is 5.82 Å². The SMILES string of the molecule is COc1cc(CNC(=O)c2cc(F)ccc2I)ccc1OCCC(C)C. The van der Waals surface area contributed by atoms with Crippen LogP contribution in [0, 0.1) is 15.3 Å². The normalized spacial score (nSPS) is 10.7. The molecule has 0 aliphatic rings. The third-order valence-electron chi connectivity index (χ3n) is 3.81. The average molecular weight is 471 g/mol. The Hall–Kier alpha value is -1.83. The van der Waals surface area contributed by atoms with Gasteiger partial charge in [0, 0.05) is 10.1 Å². The Bertz CT molecular complexity index is 765. The van der Waals surface area contributed by atoms with Gasteiger partial charge in [0.05, 0.1) is 19.3 Å². The van der Waals surface area contributed by atoms with Crippen LogP contribution in [0.5, 0.6) is 11.5 Å². The van der Waals surface area contributed by atoms with Gasteiger partial charge in [-0.2, -0.15) is 0 Å². The molecule has 1 N–H and O–H groups in total. The van der Waals surface area contributed by atoms with Crippen molar-refractivity contribution >= 4 is 28.5 Å². The van der Waals surface area contributed by atoms with Crippen molar-refractivity contribution in [3.8, 4) is 11.5 Å². The fraction of sp³-hybridized carbons (Fsp3) is 0.350. The molecule has 1 amide bonds. The number of carbonyl (C=O) groups is 1. The van der Waals surface area contributed by atoms with E-state index in [0.29, 0.717) is 39.7 Å². The fourth-order valence-corrected chi connectivity index (χ4v) is 2.88. The highest BCUT2D eigenvalue weighted by Gasteiger charge is 2.12. The maximum atomic E-state index is 13.4. The van der Waals surface area contributed by atoms with E-state index in [1.54, 1.807) is 13.2 Å². The van der Waals surface area contributed by atoms with Crippen LogP contribution in [0.2, 0.25) is 0 Å². The minimum absolute atomic E-state index is 0.314. The van der Waals surface area contributed by atoms with Gasteiger partial charge in [-0.3, -0.25) is 4.79 Å². The largest absolute Gasteiger partial charge is 0.493 e. The van der Waals surface area contributed by atoms with Gasteiger partial charge >= 0.3 is 0 Å². The maximum absolute atomic E-state index is 13.4. The van der Waals surface area contributed by atoms with Crippen molar-refractivity contribution in [2.75, 3.05) is 13.7 Å². The van der Waals surface area contributed by atoms with Crippen LogP contribution < -0.4 is 14.8 Å². The number of amides is 1. The minimum Gasteiger partial charge on any atom is -0.493 e. The number of hydrogen-bond acceptors (Lipinski definition) is 3. The second-order valence-electron chi connectivity index (χ2n) is 6.32. The number of nitrogens with one attached hydrogen (secondary N) is 1. The van der Waals surface area contributed by atoms with E-state index in [0.717, 1.165) is 12.0 Å². The molecule has 2 aromatic carbocycles. The van der Waals surface area contributed by atoms with Crippen LogP contribution >= 0.6 is 22.6 Å². The Kier molecular flexibility index (Phi) is 7.68. The molecule has 0 aromatic heterocycles. The molecule has 0 fully saturated rings. The summed E-state index contributed by atoms with van der Waals surface area (Å²) in [5.41, 5.74) is 1.20. The van der Waals surface area contributed by atoms with Crippen LogP contribution in [-0.2, 0) is 6.54 Å². The second-order valence-corrected chi connectivity index (χ2v) is 7.49. The number of hydrogen-bond donors (Lipinski definition) is 1. The van der Waals surface area contributed by atoms with E-state index < -0.39 is 5.82 Å². The van der Waals surface area contributed by atoms with Crippen LogP contribution in [0.4, 0.5) is 4.39 Å². The zero-order valence-corrected chi connectivity index (χ0v) is 17.3. The van der Waals surface area contributed by atoms with E-state index in [4.69, 9.17) is 9.47 Å². The van der Waals surface area contributed by atoms with Crippen molar-refractivity contribution in [3.05, 3.63) is 56.9 Å². The van der Waals surface area contributed by atoms with Gasteiger partial charge < -0.3 is 14.8 Å². The molecule has 6 heteroatoms. The van der Waals surface area contributed by atoms with Crippen LogP contribution in [0.1, 0.15) is 36.2 Å². The van der Waals surface area contributed by atoms with E-state index in [2.05, 4.69) is 19.2 Å². The van der Waals surface area contributed by atoms with Gasteiger partial charge in [-0.05, 0) is 70.8 Å². The highest BCUT2D eigenvalue weighted by atomic mass is 127. The highest BCUT2D eigenvalue weighted by Crippen LogP contribution is 2.28. The summed E-state index contributed by atoms with van der Waals surface area (Å²) in [7, 11) is 1.59. The Morgan fingerprint density at radius 2 is 1.96 bits per heavy atom. The van der Waals surface area contributed by atoms with Gasteiger partial charge in [-0.15, -0.1) is 0 Å². The number of rotatable bonds is 8. The predicted octanol–water partition coefficient (Wildman–Crippen LogP) is 4.79. The summed E-state index contributed by atoms with van der Waals surface area (Å²) < 4.78 is 25.2. The molecule has 0 atom stereocenters. The van der Waals surface area contributed by atoms with E-state index in [1.807, 2.05) is 40.8 Å². The van der Waals surface area contributed by atoms with Crippen LogP contribution in [0.3, 0.4) is 0 Å². The monoisotopic (exact) mass is 471 g/mol. The lowest BCUT2D eigenvalue weighted by molar-refractivity contribution is 0.0949. The summed E-state index contributed by atoms with van der Waals surface area (Å²) in [6.45, 7) is 5.23.